The molecule has 1 aliphatic carbocycles. The van der Waals surface area contributed by atoms with Gasteiger partial charge in [-0.25, -0.2) is 0 Å². The molecule has 1 fully saturated rings. The van der Waals surface area contributed by atoms with Crippen LogP contribution in [0.5, 0.6) is 0 Å². The third kappa shape index (κ3) is 5.03. The molecule has 2 aliphatic rings. The zero-order valence-electron chi connectivity index (χ0n) is 16.7. The van der Waals surface area contributed by atoms with Gasteiger partial charge in [-0.3, -0.25) is 14.5 Å². The number of aryl methyl sites for hydroxylation is 1. The lowest BCUT2D eigenvalue weighted by molar-refractivity contribution is -0.117. The normalized spacial score (nSPS) is 17.4. The lowest BCUT2D eigenvalue weighted by Crippen LogP contribution is -2.40. The number of anilines is 2. The van der Waals surface area contributed by atoms with E-state index in [4.69, 9.17) is 11.6 Å². The number of rotatable bonds is 5. The van der Waals surface area contributed by atoms with Gasteiger partial charge in [0, 0.05) is 28.7 Å². The summed E-state index contributed by atoms with van der Waals surface area (Å²) in [6.45, 7) is 1.69. The van der Waals surface area contributed by atoms with Gasteiger partial charge in [0.1, 0.15) is 5.00 Å². The average molecular weight is 448 g/mol. The van der Waals surface area contributed by atoms with E-state index < -0.39 is 0 Å². The number of amides is 2. The SMILES string of the molecule is O=C(CN1CCC(O)CC1)Nc1sc2c(c1C(=O)Nc1ccc(Cl)cc1)CCCC2. The zero-order valence-corrected chi connectivity index (χ0v) is 18.3. The van der Waals surface area contributed by atoms with E-state index in [9.17, 15) is 14.7 Å². The summed E-state index contributed by atoms with van der Waals surface area (Å²) < 4.78 is 0. The standard InChI is InChI=1S/C22H26ClN3O3S/c23-14-5-7-15(8-6-14)24-21(29)20-17-3-1-2-4-18(17)30-22(20)25-19(28)13-26-11-9-16(27)10-12-26/h5-8,16,27H,1-4,9-13H2,(H,24,29)(H,25,28). The van der Waals surface area contributed by atoms with Crippen molar-refractivity contribution >= 4 is 45.4 Å². The van der Waals surface area contributed by atoms with E-state index in [1.54, 1.807) is 24.3 Å². The number of carbonyl (C=O) groups excluding carboxylic acids is 2. The molecule has 6 nitrogen and oxygen atoms in total. The molecule has 0 spiro atoms. The monoisotopic (exact) mass is 447 g/mol. The zero-order chi connectivity index (χ0) is 21.1. The molecule has 0 bridgehead atoms. The summed E-state index contributed by atoms with van der Waals surface area (Å²) in [6.07, 6.45) is 5.07. The number of aliphatic hydroxyl groups excluding tert-OH is 1. The second-order valence-electron chi connectivity index (χ2n) is 7.93. The smallest absolute Gasteiger partial charge is 0.258 e. The summed E-state index contributed by atoms with van der Waals surface area (Å²) in [7, 11) is 0. The van der Waals surface area contributed by atoms with Crippen LogP contribution in [0.3, 0.4) is 0 Å². The molecule has 160 valence electrons. The Hall–Kier alpha value is -1.93. The highest BCUT2D eigenvalue weighted by Gasteiger charge is 2.27. The molecule has 0 saturated carbocycles. The van der Waals surface area contributed by atoms with Gasteiger partial charge in [-0.15, -0.1) is 11.3 Å². The van der Waals surface area contributed by atoms with Crippen molar-refractivity contribution in [1.29, 1.82) is 0 Å². The van der Waals surface area contributed by atoms with Crippen LogP contribution >= 0.6 is 22.9 Å². The molecule has 2 heterocycles. The fourth-order valence-electron chi connectivity index (χ4n) is 4.07. The van der Waals surface area contributed by atoms with Crippen LogP contribution in [0.25, 0.3) is 0 Å². The number of benzene rings is 1. The first kappa shape index (κ1) is 21.3. The second kappa shape index (κ2) is 9.47. The molecule has 1 aromatic heterocycles. The predicted molar refractivity (Wildman–Crippen MR) is 121 cm³/mol. The van der Waals surface area contributed by atoms with Crippen molar-refractivity contribution in [3.05, 3.63) is 45.3 Å². The number of hydrogen-bond acceptors (Lipinski definition) is 5. The van der Waals surface area contributed by atoms with Crippen LogP contribution in [0.4, 0.5) is 10.7 Å². The van der Waals surface area contributed by atoms with Gasteiger partial charge in [-0.1, -0.05) is 11.6 Å². The van der Waals surface area contributed by atoms with Crippen molar-refractivity contribution < 1.29 is 14.7 Å². The van der Waals surface area contributed by atoms with E-state index in [1.165, 1.54) is 16.2 Å². The van der Waals surface area contributed by atoms with Crippen LogP contribution in [0.1, 0.15) is 46.5 Å². The van der Waals surface area contributed by atoms with E-state index in [0.29, 0.717) is 47.2 Å². The number of nitrogens with zero attached hydrogens (tertiary/aromatic N) is 1. The summed E-state index contributed by atoms with van der Waals surface area (Å²) in [5, 5.41) is 16.8. The Bertz CT molecular complexity index is 920. The van der Waals surface area contributed by atoms with Crippen molar-refractivity contribution in [3.8, 4) is 0 Å². The van der Waals surface area contributed by atoms with Crippen LogP contribution in [-0.4, -0.2) is 47.6 Å². The highest BCUT2D eigenvalue weighted by atomic mass is 35.5. The topological polar surface area (TPSA) is 81.7 Å². The van der Waals surface area contributed by atoms with Gasteiger partial charge in [0.15, 0.2) is 0 Å². The fourth-order valence-corrected chi connectivity index (χ4v) is 5.50. The third-order valence-corrected chi connectivity index (χ3v) is 7.14. The van der Waals surface area contributed by atoms with Gasteiger partial charge in [0.2, 0.25) is 5.91 Å². The Kier molecular flexibility index (Phi) is 6.73. The Morgan fingerprint density at radius 1 is 1.10 bits per heavy atom. The highest BCUT2D eigenvalue weighted by molar-refractivity contribution is 7.17. The van der Waals surface area contributed by atoms with Crippen molar-refractivity contribution in [2.24, 2.45) is 0 Å². The molecular weight excluding hydrogens is 422 g/mol. The molecule has 1 saturated heterocycles. The number of thiophene rings is 1. The van der Waals surface area contributed by atoms with Crippen LogP contribution < -0.4 is 10.6 Å². The van der Waals surface area contributed by atoms with E-state index in [1.807, 2.05) is 4.90 Å². The summed E-state index contributed by atoms with van der Waals surface area (Å²) >= 11 is 7.46. The quantitative estimate of drug-likeness (QED) is 0.648. The number of carbonyl (C=O) groups is 2. The molecule has 2 amide bonds. The average Bonchev–Trinajstić information content (AvgIpc) is 3.09. The molecule has 1 aliphatic heterocycles. The number of hydrogen-bond donors (Lipinski definition) is 3. The van der Waals surface area contributed by atoms with Crippen LogP contribution in [0.2, 0.25) is 5.02 Å². The Morgan fingerprint density at radius 2 is 1.80 bits per heavy atom. The van der Waals surface area contributed by atoms with Crippen molar-refractivity contribution in [2.75, 3.05) is 30.3 Å². The number of halogens is 1. The first-order chi connectivity index (χ1) is 14.5. The van der Waals surface area contributed by atoms with Gasteiger partial charge in [-0.2, -0.15) is 0 Å². The van der Waals surface area contributed by atoms with E-state index in [2.05, 4.69) is 10.6 Å². The molecule has 1 aromatic carbocycles. The number of likely N-dealkylation sites (tertiary alicyclic amines) is 1. The Morgan fingerprint density at radius 3 is 2.53 bits per heavy atom. The summed E-state index contributed by atoms with van der Waals surface area (Å²) in [5.74, 6) is -0.321. The van der Waals surface area contributed by atoms with E-state index >= 15 is 0 Å². The van der Waals surface area contributed by atoms with Gasteiger partial charge in [0.05, 0.1) is 18.2 Å². The van der Waals surface area contributed by atoms with Crippen LogP contribution in [0, 0.1) is 0 Å². The minimum atomic E-state index is -0.267. The maximum atomic E-state index is 13.1. The largest absolute Gasteiger partial charge is 0.393 e. The Labute approximate surface area is 185 Å². The molecular formula is C22H26ClN3O3S. The Balaban J connectivity index is 1.51. The minimum absolute atomic E-state index is 0.120. The van der Waals surface area contributed by atoms with Crippen molar-refractivity contribution in [2.45, 2.75) is 44.6 Å². The lowest BCUT2D eigenvalue weighted by Gasteiger charge is -2.28. The molecule has 4 rings (SSSR count). The predicted octanol–water partition coefficient (Wildman–Crippen LogP) is 3.93. The summed E-state index contributed by atoms with van der Waals surface area (Å²) in [6, 6.07) is 7.00. The summed E-state index contributed by atoms with van der Waals surface area (Å²) in [5.41, 5.74) is 2.32. The summed E-state index contributed by atoms with van der Waals surface area (Å²) in [4.78, 5) is 29.1. The highest BCUT2D eigenvalue weighted by Crippen LogP contribution is 2.38. The van der Waals surface area contributed by atoms with Gasteiger partial charge < -0.3 is 15.7 Å². The molecule has 2 aromatic rings. The van der Waals surface area contributed by atoms with Crippen LogP contribution in [0.15, 0.2) is 24.3 Å². The fraction of sp³-hybridized carbons (Fsp3) is 0.455. The first-order valence-electron chi connectivity index (χ1n) is 10.4. The minimum Gasteiger partial charge on any atom is -0.393 e. The van der Waals surface area contributed by atoms with Gasteiger partial charge >= 0.3 is 0 Å². The number of piperidine rings is 1. The van der Waals surface area contributed by atoms with Crippen molar-refractivity contribution in [1.82, 2.24) is 4.90 Å². The number of aliphatic hydroxyl groups is 1. The maximum Gasteiger partial charge on any atom is 0.258 e. The molecule has 0 radical (unpaired) electrons. The van der Waals surface area contributed by atoms with Crippen molar-refractivity contribution in [3.63, 3.8) is 0 Å². The molecule has 30 heavy (non-hydrogen) atoms. The molecule has 8 heteroatoms. The first-order valence-corrected chi connectivity index (χ1v) is 11.6. The van der Waals surface area contributed by atoms with E-state index in [-0.39, 0.29) is 24.5 Å². The second-order valence-corrected chi connectivity index (χ2v) is 9.47. The lowest BCUT2D eigenvalue weighted by atomic mass is 9.95. The van der Waals surface area contributed by atoms with Gasteiger partial charge in [-0.05, 0) is 68.4 Å². The number of fused-ring (bicyclic) bond motifs is 1. The van der Waals surface area contributed by atoms with Gasteiger partial charge in [0.25, 0.3) is 5.91 Å². The maximum absolute atomic E-state index is 13.1. The van der Waals surface area contributed by atoms with E-state index in [0.717, 1.165) is 31.2 Å². The number of nitrogens with one attached hydrogen (secondary N) is 2. The van der Waals surface area contributed by atoms with Crippen LogP contribution in [-0.2, 0) is 17.6 Å². The molecule has 0 atom stereocenters. The molecule has 0 unspecified atom stereocenters. The third-order valence-electron chi connectivity index (χ3n) is 5.68. The molecule has 3 N–H and O–H groups in total.